The number of nitrogens with one attached hydrogen (secondary N) is 2. The van der Waals surface area contributed by atoms with Crippen LogP contribution < -0.4 is 15.4 Å². The van der Waals surface area contributed by atoms with Gasteiger partial charge in [-0.25, -0.2) is 0 Å². The molecular weight excluding hydrogens is 236 g/mol. The quantitative estimate of drug-likeness (QED) is 0.701. The second-order valence-electron chi connectivity index (χ2n) is 4.05. The van der Waals surface area contributed by atoms with Crippen LogP contribution in [0.25, 0.3) is 0 Å². The molecule has 1 rings (SSSR count). The molecule has 3 nitrogen and oxygen atoms in total. The molecule has 0 amide bonds. The number of halogens is 1. The van der Waals surface area contributed by atoms with E-state index in [0.717, 1.165) is 31.8 Å². The molecule has 0 bridgehead atoms. The summed E-state index contributed by atoms with van der Waals surface area (Å²) in [5, 5.41) is 7.18. The smallest absolute Gasteiger partial charge is 0.121 e. The average Bonchev–Trinajstić information content (AvgIpc) is 2.29. The van der Waals surface area contributed by atoms with Gasteiger partial charge in [0, 0.05) is 11.6 Å². The normalized spacial score (nSPS) is 12.4. The van der Waals surface area contributed by atoms with Gasteiger partial charge in [-0.05, 0) is 51.7 Å². The monoisotopic (exact) mass is 256 g/mol. The van der Waals surface area contributed by atoms with Gasteiger partial charge in [0.2, 0.25) is 0 Å². The van der Waals surface area contributed by atoms with E-state index in [-0.39, 0.29) is 6.10 Å². The second-order valence-corrected chi connectivity index (χ2v) is 4.48. The first-order chi connectivity index (χ1) is 8.22. The Morgan fingerprint density at radius 2 is 2.18 bits per heavy atom. The van der Waals surface area contributed by atoms with Gasteiger partial charge in [0.15, 0.2) is 0 Å². The van der Waals surface area contributed by atoms with Crippen molar-refractivity contribution in [1.29, 1.82) is 0 Å². The lowest BCUT2D eigenvalue weighted by Crippen LogP contribution is -2.30. The van der Waals surface area contributed by atoms with Gasteiger partial charge >= 0.3 is 0 Å². The first-order valence-corrected chi connectivity index (χ1v) is 6.37. The third-order valence-corrected chi connectivity index (χ3v) is 2.58. The van der Waals surface area contributed by atoms with Crippen LogP contribution in [-0.2, 0) is 0 Å². The lowest BCUT2D eigenvalue weighted by Gasteiger charge is -2.15. The van der Waals surface area contributed by atoms with Crippen molar-refractivity contribution < 1.29 is 4.74 Å². The zero-order valence-electron chi connectivity index (χ0n) is 10.5. The minimum absolute atomic E-state index is 0.142. The largest absolute Gasteiger partial charge is 0.489 e. The number of ether oxygens (including phenoxy) is 1. The fraction of sp³-hybridized carbons (Fsp3) is 0.538. The molecule has 0 aliphatic rings. The third-order valence-electron chi connectivity index (χ3n) is 2.35. The maximum absolute atomic E-state index is 5.89. The molecule has 17 heavy (non-hydrogen) atoms. The van der Waals surface area contributed by atoms with Gasteiger partial charge in [0.1, 0.15) is 11.9 Å². The maximum atomic E-state index is 5.89. The Morgan fingerprint density at radius 3 is 2.88 bits per heavy atom. The van der Waals surface area contributed by atoms with Gasteiger partial charge in [-0.3, -0.25) is 0 Å². The summed E-state index contributed by atoms with van der Waals surface area (Å²) in [7, 11) is 1.96. The Balaban J connectivity index is 2.18. The van der Waals surface area contributed by atoms with Gasteiger partial charge in [0.25, 0.3) is 0 Å². The van der Waals surface area contributed by atoms with E-state index in [4.69, 9.17) is 16.3 Å². The highest BCUT2D eigenvalue weighted by Crippen LogP contribution is 2.18. The lowest BCUT2D eigenvalue weighted by atomic mass is 10.3. The van der Waals surface area contributed by atoms with E-state index in [2.05, 4.69) is 10.6 Å². The molecule has 1 unspecified atom stereocenters. The topological polar surface area (TPSA) is 33.3 Å². The Kier molecular flexibility index (Phi) is 7.01. The fourth-order valence-corrected chi connectivity index (χ4v) is 1.69. The molecule has 0 aliphatic heterocycles. The van der Waals surface area contributed by atoms with E-state index in [1.165, 1.54) is 0 Å². The molecule has 0 spiro atoms. The predicted molar refractivity (Wildman–Crippen MR) is 73.0 cm³/mol. The summed E-state index contributed by atoms with van der Waals surface area (Å²) in [6.45, 7) is 4.93. The van der Waals surface area contributed by atoms with E-state index in [0.29, 0.717) is 5.02 Å². The van der Waals surface area contributed by atoms with E-state index < -0.39 is 0 Å². The Morgan fingerprint density at radius 1 is 1.35 bits per heavy atom. The van der Waals surface area contributed by atoms with Crippen LogP contribution in [0.15, 0.2) is 24.3 Å². The van der Waals surface area contributed by atoms with Crippen LogP contribution in [0.5, 0.6) is 5.75 Å². The van der Waals surface area contributed by atoms with Crippen LogP contribution in [0.4, 0.5) is 0 Å². The standard InChI is InChI=1S/C13H21ClN2O/c1-11(10-16-8-4-7-15-2)17-13-6-3-5-12(14)9-13/h3,5-6,9,11,15-16H,4,7-8,10H2,1-2H3. The molecule has 0 aromatic heterocycles. The van der Waals surface area contributed by atoms with E-state index in [9.17, 15) is 0 Å². The molecule has 0 aliphatic carbocycles. The highest BCUT2D eigenvalue weighted by Gasteiger charge is 2.03. The van der Waals surface area contributed by atoms with Crippen molar-refractivity contribution in [2.45, 2.75) is 19.4 Å². The van der Waals surface area contributed by atoms with Crippen molar-refractivity contribution in [2.24, 2.45) is 0 Å². The molecule has 1 atom stereocenters. The van der Waals surface area contributed by atoms with E-state index >= 15 is 0 Å². The molecule has 0 radical (unpaired) electrons. The van der Waals surface area contributed by atoms with Crippen LogP contribution in [0, 0.1) is 0 Å². The van der Waals surface area contributed by atoms with Crippen molar-refractivity contribution >= 4 is 11.6 Å². The van der Waals surface area contributed by atoms with Crippen LogP contribution in [0.3, 0.4) is 0 Å². The molecule has 1 aromatic rings. The minimum Gasteiger partial charge on any atom is -0.489 e. The zero-order chi connectivity index (χ0) is 12.5. The molecule has 96 valence electrons. The number of benzene rings is 1. The molecular formula is C13H21ClN2O. The predicted octanol–water partition coefficient (Wildman–Crippen LogP) is 2.31. The number of rotatable bonds is 8. The summed E-state index contributed by atoms with van der Waals surface area (Å²) < 4.78 is 5.74. The molecule has 0 fully saturated rings. The van der Waals surface area contributed by atoms with Crippen LogP contribution >= 0.6 is 11.6 Å². The van der Waals surface area contributed by atoms with Crippen LogP contribution in [0.2, 0.25) is 5.02 Å². The highest BCUT2D eigenvalue weighted by atomic mass is 35.5. The van der Waals surface area contributed by atoms with Crippen molar-refractivity contribution in [3.8, 4) is 5.75 Å². The first-order valence-electron chi connectivity index (χ1n) is 6.00. The first kappa shape index (κ1) is 14.3. The summed E-state index contributed by atoms with van der Waals surface area (Å²) in [5.74, 6) is 0.821. The van der Waals surface area contributed by atoms with E-state index in [1.54, 1.807) is 0 Å². The van der Waals surface area contributed by atoms with Crippen molar-refractivity contribution in [1.82, 2.24) is 10.6 Å². The van der Waals surface area contributed by atoms with Gasteiger partial charge in [-0.1, -0.05) is 17.7 Å². The number of hydrogen-bond acceptors (Lipinski definition) is 3. The van der Waals surface area contributed by atoms with Crippen molar-refractivity contribution in [3.05, 3.63) is 29.3 Å². The van der Waals surface area contributed by atoms with Crippen LogP contribution in [-0.4, -0.2) is 32.8 Å². The third kappa shape index (κ3) is 6.51. The molecule has 0 saturated heterocycles. The lowest BCUT2D eigenvalue weighted by molar-refractivity contribution is 0.217. The molecule has 0 saturated carbocycles. The summed E-state index contributed by atoms with van der Waals surface area (Å²) >= 11 is 5.89. The van der Waals surface area contributed by atoms with Crippen molar-refractivity contribution in [3.63, 3.8) is 0 Å². The SMILES string of the molecule is CNCCCNCC(C)Oc1cccc(Cl)c1. The fourth-order valence-electron chi connectivity index (χ4n) is 1.51. The van der Waals surface area contributed by atoms with Crippen LogP contribution in [0.1, 0.15) is 13.3 Å². The Labute approximate surface area is 109 Å². The van der Waals surface area contributed by atoms with E-state index in [1.807, 2.05) is 38.2 Å². The Bertz CT molecular complexity index is 320. The average molecular weight is 257 g/mol. The highest BCUT2D eigenvalue weighted by molar-refractivity contribution is 6.30. The summed E-state index contributed by atoms with van der Waals surface area (Å²) in [6, 6.07) is 7.49. The number of hydrogen-bond donors (Lipinski definition) is 2. The summed E-state index contributed by atoms with van der Waals surface area (Å²) in [6.07, 6.45) is 1.27. The molecule has 4 heteroatoms. The molecule has 0 heterocycles. The van der Waals surface area contributed by atoms with Gasteiger partial charge in [0.05, 0.1) is 0 Å². The molecule has 2 N–H and O–H groups in total. The minimum atomic E-state index is 0.142. The summed E-state index contributed by atoms with van der Waals surface area (Å²) in [4.78, 5) is 0. The Hall–Kier alpha value is -0.770. The van der Waals surface area contributed by atoms with Gasteiger partial charge in [-0.15, -0.1) is 0 Å². The maximum Gasteiger partial charge on any atom is 0.121 e. The van der Waals surface area contributed by atoms with Gasteiger partial charge < -0.3 is 15.4 Å². The second kappa shape index (κ2) is 8.34. The van der Waals surface area contributed by atoms with Gasteiger partial charge in [-0.2, -0.15) is 0 Å². The van der Waals surface area contributed by atoms with Crippen molar-refractivity contribution in [2.75, 3.05) is 26.7 Å². The molecule has 1 aromatic carbocycles. The zero-order valence-corrected chi connectivity index (χ0v) is 11.3. The summed E-state index contributed by atoms with van der Waals surface area (Å²) in [5.41, 5.74) is 0.